The molecule has 0 radical (unpaired) electrons. The quantitative estimate of drug-likeness (QED) is 0.775. The van der Waals surface area contributed by atoms with Crippen LogP contribution in [0, 0.1) is 5.92 Å². The van der Waals surface area contributed by atoms with Crippen LogP contribution in [0.4, 0.5) is 11.4 Å². The molecule has 1 N–H and O–H groups in total. The highest BCUT2D eigenvalue weighted by Crippen LogP contribution is 2.21. The molecule has 1 aliphatic rings. The molecule has 1 aromatic carbocycles. The monoisotopic (exact) mass is 332 g/mol. The van der Waals surface area contributed by atoms with E-state index in [0.29, 0.717) is 12.3 Å². The highest BCUT2D eigenvalue weighted by Gasteiger charge is 2.12. The van der Waals surface area contributed by atoms with Crippen molar-refractivity contribution < 1.29 is 14.3 Å². The number of esters is 1. The summed E-state index contributed by atoms with van der Waals surface area (Å²) in [7, 11) is 0. The van der Waals surface area contributed by atoms with E-state index in [4.69, 9.17) is 4.74 Å². The molecule has 1 aromatic rings. The molecule has 1 aliphatic heterocycles. The summed E-state index contributed by atoms with van der Waals surface area (Å²) < 4.78 is 4.99. The van der Waals surface area contributed by atoms with E-state index < -0.39 is 0 Å². The molecule has 24 heavy (non-hydrogen) atoms. The number of amides is 1. The van der Waals surface area contributed by atoms with Crippen molar-refractivity contribution in [1.29, 1.82) is 0 Å². The Labute approximate surface area is 144 Å². The highest BCUT2D eigenvalue weighted by atomic mass is 16.5. The maximum Gasteiger partial charge on any atom is 0.306 e. The minimum atomic E-state index is -0.320. The fourth-order valence-electron chi connectivity index (χ4n) is 2.73. The fraction of sp³-hybridized carbons (Fsp3) is 0.579. The minimum Gasteiger partial charge on any atom is -0.456 e. The van der Waals surface area contributed by atoms with E-state index in [1.54, 1.807) is 0 Å². The minimum absolute atomic E-state index is 0.231. The molecule has 0 saturated carbocycles. The van der Waals surface area contributed by atoms with Crippen LogP contribution >= 0.6 is 0 Å². The first-order chi connectivity index (χ1) is 11.5. The Morgan fingerprint density at radius 1 is 1.12 bits per heavy atom. The topological polar surface area (TPSA) is 58.6 Å². The third-order valence-corrected chi connectivity index (χ3v) is 4.16. The Hall–Kier alpha value is -2.04. The van der Waals surface area contributed by atoms with E-state index in [-0.39, 0.29) is 18.5 Å². The Morgan fingerprint density at radius 3 is 2.42 bits per heavy atom. The van der Waals surface area contributed by atoms with Gasteiger partial charge in [-0.15, -0.1) is 0 Å². The van der Waals surface area contributed by atoms with Gasteiger partial charge in [0.1, 0.15) is 0 Å². The Balaban J connectivity index is 1.74. The van der Waals surface area contributed by atoms with Gasteiger partial charge < -0.3 is 15.0 Å². The average Bonchev–Trinajstić information content (AvgIpc) is 2.59. The Bertz CT molecular complexity index is 534. The van der Waals surface area contributed by atoms with Crippen LogP contribution in [-0.2, 0) is 14.3 Å². The van der Waals surface area contributed by atoms with Gasteiger partial charge in [0.15, 0.2) is 6.61 Å². The number of rotatable bonds is 7. The molecule has 0 bridgehead atoms. The molecule has 0 atom stereocenters. The summed E-state index contributed by atoms with van der Waals surface area (Å²) in [6.07, 6.45) is 4.91. The summed E-state index contributed by atoms with van der Waals surface area (Å²) in [6.45, 7) is 6.06. The van der Waals surface area contributed by atoms with Crippen LogP contribution in [-0.4, -0.2) is 31.6 Å². The lowest BCUT2D eigenvalue weighted by molar-refractivity contribution is -0.147. The van der Waals surface area contributed by atoms with Gasteiger partial charge in [-0.1, -0.05) is 13.8 Å². The van der Waals surface area contributed by atoms with Crippen molar-refractivity contribution in [3.8, 4) is 0 Å². The molecule has 5 nitrogen and oxygen atoms in total. The third kappa shape index (κ3) is 6.22. The molecule has 0 aromatic heterocycles. The molecule has 2 rings (SSSR count). The number of carbonyl (C=O) groups excluding carboxylic acids is 2. The number of carbonyl (C=O) groups is 2. The second kappa shape index (κ2) is 9.30. The van der Waals surface area contributed by atoms with Crippen molar-refractivity contribution in [3.63, 3.8) is 0 Å². The number of ether oxygens (including phenoxy) is 1. The predicted molar refractivity (Wildman–Crippen MR) is 96.2 cm³/mol. The van der Waals surface area contributed by atoms with Crippen LogP contribution in [0.1, 0.15) is 46.0 Å². The van der Waals surface area contributed by atoms with Gasteiger partial charge in [0.05, 0.1) is 0 Å². The zero-order chi connectivity index (χ0) is 17.4. The van der Waals surface area contributed by atoms with E-state index in [9.17, 15) is 9.59 Å². The first-order valence-corrected chi connectivity index (χ1v) is 8.85. The normalized spacial score (nSPS) is 14.5. The summed E-state index contributed by atoms with van der Waals surface area (Å²) in [4.78, 5) is 25.7. The maximum absolute atomic E-state index is 11.8. The number of piperidine rings is 1. The van der Waals surface area contributed by atoms with Gasteiger partial charge in [0.2, 0.25) is 0 Å². The molecule has 1 amide bonds. The van der Waals surface area contributed by atoms with Crippen LogP contribution in [0.5, 0.6) is 0 Å². The Kier molecular flexibility index (Phi) is 7.09. The summed E-state index contributed by atoms with van der Waals surface area (Å²) in [5.74, 6) is -0.178. The van der Waals surface area contributed by atoms with Crippen molar-refractivity contribution in [2.45, 2.75) is 46.0 Å². The van der Waals surface area contributed by atoms with Crippen molar-refractivity contribution in [2.75, 3.05) is 29.9 Å². The number of nitrogens with one attached hydrogen (secondary N) is 1. The van der Waals surface area contributed by atoms with Gasteiger partial charge in [-0.25, -0.2) is 0 Å². The number of benzene rings is 1. The Morgan fingerprint density at radius 2 is 1.79 bits per heavy atom. The molecule has 0 spiro atoms. The zero-order valence-electron chi connectivity index (χ0n) is 14.7. The van der Waals surface area contributed by atoms with Crippen LogP contribution < -0.4 is 10.2 Å². The molecular formula is C19H28N2O3. The van der Waals surface area contributed by atoms with Gasteiger partial charge in [-0.3, -0.25) is 9.59 Å². The average molecular weight is 332 g/mol. The summed E-state index contributed by atoms with van der Waals surface area (Å²) in [5, 5.41) is 2.76. The van der Waals surface area contributed by atoms with Crippen molar-refractivity contribution in [3.05, 3.63) is 24.3 Å². The van der Waals surface area contributed by atoms with E-state index in [0.717, 1.165) is 25.2 Å². The molecule has 0 aliphatic carbocycles. The lowest BCUT2D eigenvalue weighted by atomic mass is 10.1. The third-order valence-electron chi connectivity index (χ3n) is 4.16. The first-order valence-electron chi connectivity index (χ1n) is 8.85. The van der Waals surface area contributed by atoms with Crippen LogP contribution in [0.2, 0.25) is 0 Å². The van der Waals surface area contributed by atoms with Crippen LogP contribution in [0.3, 0.4) is 0 Å². The van der Waals surface area contributed by atoms with Gasteiger partial charge in [-0.2, -0.15) is 0 Å². The predicted octanol–water partition coefficient (Wildman–Crippen LogP) is 3.59. The summed E-state index contributed by atoms with van der Waals surface area (Å²) in [6, 6.07) is 7.83. The van der Waals surface area contributed by atoms with Crippen molar-refractivity contribution >= 4 is 23.3 Å². The second-order valence-electron chi connectivity index (χ2n) is 6.74. The molecule has 132 valence electrons. The summed E-state index contributed by atoms with van der Waals surface area (Å²) in [5.41, 5.74) is 1.91. The molecule has 1 fully saturated rings. The number of hydrogen-bond acceptors (Lipinski definition) is 4. The van der Waals surface area contributed by atoms with E-state index in [1.807, 2.05) is 38.1 Å². The van der Waals surface area contributed by atoms with Crippen molar-refractivity contribution in [2.24, 2.45) is 5.92 Å². The van der Waals surface area contributed by atoms with Crippen LogP contribution in [0.15, 0.2) is 24.3 Å². The zero-order valence-corrected chi connectivity index (χ0v) is 14.7. The highest BCUT2D eigenvalue weighted by molar-refractivity contribution is 5.92. The van der Waals surface area contributed by atoms with E-state index >= 15 is 0 Å². The van der Waals surface area contributed by atoms with Gasteiger partial charge in [0.25, 0.3) is 5.91 Å². The van der Waals surface area contributed by atoms with Gasteiger partial charge in [0, 0.05) is 30.9 Å². The standard InChI is InChI=1S/C19H28N2O3/c1-15(2)6-11-19(23)24-14-18(22)20-16-7-9-17(10-8-16)21-12-4-3-5-13-21/h7-10,15H,3-6,11-14H2,1-2H3,(H,20,22). The number of hydrogen-bond donors (Lipinski definition) is 1. The van der Waals surface area contributed by atoms with E-state index in [1.165, 1.54) is 24.9 Å². The summed E-state index contributed by atoms with van der Waals surface area (Å²) >= 11 is 0. The first kappa shape index (κ1) is 18.3. The van der Waals surface area contributed by atoms with Crippen molar-refractivity contribution in [1.82, 2.24) is 0 Å². The lowest BCUT2D eigenvalue weighted by Gasteiger charge is -2.28. The van der Waals surface area contributed by atoms with Crippen LogP contribution in [0.25, 0.3) is 0 Å². The fourth-order valence-corrected chi connectivity index (χ4v) is 2.73. The van der Waals surface area contributed by atoms with Gasteiger partial charge in [-0.05, 0) is 55.9 Å². The smallest absolute Gasteiger partial charge is 0.306 e. The molecular weight excluding hydrogens is 304 g/mol. The number of anilines is 2. The second-order valence-corrected chi connectivity index (χ2v) is 6.74. The largest absolute Gasteiger partial charge is 0.456 e. The van der Waals surface area contributed by atoms with E-state index in [2.05, 4.69) is 10.2 Å². The lowest BCUT2D eigenvalue weighted by Crippen LogP contribution is -2.29. The molecule has 1 heterocycles. The molecule has 1 saturated heterocycles. The maximum atomic E-state index is 11.8. The molecule has 5 heteroatoms. The van der Waals surface area contributed by atoms with Gasteiger partial charge >= 0.3 is 5.97 Å². The molecule has 0 unspecified atom stereocenters. The SMILES string of the molecule is CC(C)CCC(=O)OCC(=O)Nc1ccc(N2CCCCC2)cc1. The number of nitrogens with zero attached hydrogens (tertiary/aromatic N) is 1.